The molecule has 0 saturated carbocycles. The van der Waals surface area contributed by atoms with Crippen molar-refractivity contribution in [3.05, 3.63) is 57.4 Å². The van der Waals surface area contributed by atoms with E-state index >= 15 is 0 Å². The number of nitrogens with one attached hydrogen (secondary N) is 1. The van der Waals surface area contributed by atoms with Crippen molar-refractivity contribution in [3.63, 3.8) is 0 Å². The first-order valence-corrected chi connectivity index (χ1v) is 6.81. The fourth-order valence-corrected chi connectivity index (χ4v) is 2.05. The van der Waals surface area contributed by atoms with Crippen molar-refractivity contribution in [2.24, 2.45) is 0 Å². The fourth-order valence-electron chi connectivity index (χ4n) is 1.53. The Morgan fingerprint density at radius 2 is 1.80 bits per heavy atom. The summed E-state index contributed by atoms with van der Waals surface area (Å²) in [6.45, 7) is 0. The van der Waals surface area contributed by atoms with Crippen molar-refractivity contribution in [2.45, 2.75) is 0 Å². The average Bonchev–Trinajstić information content (AvgIpc) is 2.49. The summed E-state index contributed by atoms with van der Waals surface area (Å²) in [5.74, 6) is -0.950. The molecule has 0 aliphatic carbocycles. The molecule has 0 radical (unpaired) electrons. The normalized spacial score (nSPS) is 9.90. The highest BCUT2D eigenvalue weighted by Crippen LogP contribution is 2.17. The summed E-state index contributed by atoms with van der Waals surface area (Å²) in [7, 11) is 1.27. The summed E-state index contributed by atoms with van der Waals surface area (Å²) in [5.41, 5.74) is 0.957. The van der Waals surface area contributed by atoms with Gasteiger partial charge in [0.15, 0.2) is 0 Å². The Kier molecular flexibility index (Phi) is 4.67. The van der Waals surface area contributed by atoms with Gasteiger partial charge in [0.1, 0.15) is 11.4 Å². The van der Waals surface area contributed by atoms with Crippen LogP contribution in [0.4, 0.5) is 5.69 Å². The van der Waals surface area contributed by atoms with Gasteiger partial charge in [-0.2, -0.15) is 0 Å². The van der Waals surface area contributed by atoms with Gasteiger partial charge in [-0.05, 0) is 46.9 Å². The van der Waals surface area contributed by atoms with Crippen LogP contribution in [0.2, 0.25) is 0 Å². The lowest BCUT2D eigenvalue weighted by Gasteiger charge is -2.07. The number of anilines is 1. The summed E-state index contributed by atoms with van der Waals surface area (Å²) in [6, 6.07) is 12.0. The van der Waals surface area contributed by atoms with E-state index in [9.17, 15) is 9.59 Å². The molecule has 1 N–H and O–H groups in total. The maximum atomic E-state index is 12.1. The largest absolute Gasteiger partial charge is 0.464 e. The predicted molar refractivity (Wildman–Crippen MR) is 82.7 cm³/mol. The Morgan fingerprint density at radius 3 is 2.50 bits per heavy atom. The molecule has 2 aromatic rings. The minimum absolute atomic E-state index is 0.0999. The van der Waals surface area contributed by atoms with E-state index in [1.807, 2.05) is 18.2 Å². The maximum Gasteiger partial charge on any atom is 0.356 e. The molecule has 102 valence electrons. The molecule has 1 aromatic heterocycles. The lowest BCUT2D eigenvalue weighted by molar-refractivity contribution is 0.0594. The minimum atomic E-state index is -0.575. The number of hydrogen-bond donors (Lipinski definition) is 1. The summed E-state index contributed by atoms with van der Waals surface area (Å²) in [6.07, 6.45) is 0. The fraction of sp³-hybridized carbons (Fsp3) is 0.0714. The number of halogens is 1. The van der Waals surface area contributed by atoms with Crippen LogP contribution in [0.3, 0.4) is 0 Å². The Hall–Kier alpha value is -1.96. The number of para-hydroxylation sites is 1. The second-order valence-corrected chi connectivity index (χ2v) is 5.00. The summed E-state index contributed by atoms with van der Waals surface area (Å²) in [4.78, 5) is 27.5. The van der Waals surface area contributed by atoms with E-state index in [0.29, 0.717) is 5.69 Å². The van der Waals surface area contributed by atoms with Crippen molar-refractivity contribution < 1.29 is 14.3 Å². The number of carbonyl (C=O) groups excluding carboxylic acids is 2. The van der Waals surface area contributed by atoms with Crippen LogP contribution in [-0.2, 0) is 4.74 Å². The number of pyridine rings is 1. The molecule has 6 heteroatoms. The highest BCUT2D eigenvalue weighted by atomic mass is 127. The highest BCUT2D eigenvalue weighted by Gasteiger charge is 2.13. The van der Waals surface area contributed by atoms with Crippen LogP contribution in [0.15, 0.2) is 42.5 Å². The molecule has 0 fully saturated rings. The van der Waals surface area contributed by atoms with Gasteiger partial charge in [0, 0.05) is 3.57 Å². The summed E-state index contributed by atoms with van der Waals surface area (Å²) >= 11 is 2.13. The Labute approximate surface area is 129 Å². The zero-order chi connectivity index (χ0) is 14.5. The van der Waals surface area contributed by atoms with Gasteiger partial charge in [-0.25, -0.2) is 9.78 Å². The first-order valence-electron chi connectivity index (χ1n) is 5.73. The Bertz CT molecular complexity index is 658. The lowest BCUT2D eigenvalue weighted by Crippen LogP contribution is -2.16. The molecular formula is C14H11IN2O3. The molecule has 5 nitrogen and oxygen atoms in total. The molecular weight excluding hydrogens is 371 g/mol. The van der Waals surface area contributed by atoms with Gasteiger partial charge >= 0.3 is 5.97 Å². The molecule has 0 unspecified atom stereocenters. The maximum absolute atomic E-state index is 12.1. The van der Waals surface area contributed by atoms with Gasteiger partial charge in [-0.15, -0.1) is 0 Å². The molecule has 0 aliphatic rings. The van der Waals surface area contributed by atoms with Crippen molar-refractivity contribution in [1.29, 1.82) is 0 Å². The van der Waals surface area contributed by atoms with E-state index < -0.39 is 5.97 Å². The van der Waals surface area contributed by atoms with E-state index in [-0.39, 0.29) is 17.3 Å². The van der Waals surface area contributed by atoms with Gasteiger partial charge < -0.3 is 10.1 Å². The second kappa shape index (κ2) is 6.47. The highest BCUT2D eigenvalue weighted by molar-refractivity contribution is 14.1. The van der Waals surface area contributed by atoms with E-state index in [4.69, 9.17) is 0 Å². The molecule has 0 saturated heterocycles. The Balaban J connectivity index is 2.22. The standard InChI is InChI=1S/C14H11IN2O3/c1-20-14(19)12-8-4-7-11(16-12)13(18)17-10-6-3-2-5-9(10)15/h2-8H,1H3,(H,17,18). The molecule has 20 heavy (non-hydrogen) atoms. The van der Waals surface area contributed by atoms with Crippen LogP contribution < -0.4 is 5.32 Å². The predicted octanol–water partition coefficient (Wildman–Crippen LogP) is 2.73. The lowest BCUT2D eigenvalue weighted by atomic mass is 10.2. The molecule has 0 aliphatic heterocycles. The van der Waals surface area contributed by atoms with E-state index in [1.165, 1.54) is 19.2 Å². The number of aromatic nitrogens is 1. The number of benzene rings is 1. The minimum Gasteiger partial charge on any atom is -0.464 e. The number of nitrogens with zero attached hydrogens (tertiary/aromatic N) is 1. The van der Waals surface area contributed by atoms with Crippen molar-refractivity contribution >= 4 is 40.2 Å². The number of ether oxygens (including phenoxy) is 1. The van der Waals surface area contributed by atoms with Crippen LogP contribution in [0.1, 0.15) is 21.0 Å². The molecule has 1 amide bonds. The van der Waals surface area contributed by atoms with Crippen LogP contribution in [0, 0.1) is 3.57 Å². The topological polar surface area (TPSA) is 68.3 Å². The van der Waals surface area contributed by atoms with E-state index in [1.54, 1.807) is 12.1 Å². The van der Waals surface area contributed by atoms with Crippen LogP contribution in [0.25, 0.3) is 0 Å². The SMILES string of the molecule is COC(=O)c1cccc(C(=O)Nc2ccccc2I)n1. The third kappa shape index (κ3) is 3.32. The quantitative estimate of drug-likeness (QED) is 0.655. The van der Waals surface area contributed by atoms with Crippen LogP contribution >= 0.6 is 22.6 Å². The molecule has 1 aromatic carbocycles. The van der Waals surface area contributed by atoms with Crippen LogP contribution in [-0.4, -0.2) is 24.0 Å². The first kappa shape index (κ1) is 14.4. The monoisotopic (exact) mass is 382 g/mol. The molecule has 2 rings (SSSR count). The number of rotatable bonds is 3. The number of methoxy groups -OCH3 is 1. The van der Waals surface area contributed by atoms with Crippen molar-refractivity contribution in [3.8, 4) is 0 Å². The zero-order valence-corrected chi connectivity index (χ0v) is 12.7. The molecule has 0 spiro atoms. The van der Waals surface area contributed by atoms with Crippen LogP contribution in [0.5, 0.6) is 0 Å². The van der Waals surface area contributed by atoms with Gasteiger partial charge in [0.05, 0.1) is 12.8 Å². The van der Waals surface area contributed by atoms with Crippen molar-refractivity contribution in [2.75, 3.05) is 12.4 Å². The van der Waals surface area contributed by atoms with E-state index in [0.717, 1.165) is 3.57 Å². The Morgan fingerprint density at radius 1 is 1.10 bits per heavy atom. The molecule has 0 bridgehead atoms. The third-order valence-corrected chi connectivity index (χ3v) is 3.44. The number of hydrogen-bond acceptors (Lipinski definition) is 4. The summed E-state index contributed by atoms with van der Waals surface area (Å²) < 4.78 is 5.49. The summed E-state index contributed by atoms with van der Waals surface area (Å²) in [5, 5.41) is 2.75. The number of carbonyl (C=O) groups is 2. The van der Waals surface area contributed by atoms with E-state index in [2.05, 4.69) is 37.6 Å². The van der Waals surface area contributed by atoms with Gasteiger partial charge in [-0.3, -0.25) is 4.79 Å². The van der Waals surface area contributed by atoms with Crippen molar-refractivity contribution in [1.82, 2.24) is 4.98 Å². The third-order valence-electron chi connectivity index (χ3n) is 2.50. The number of amides is 1. The zero-order valence-electron chi connectivity index (χ0n) is 10.6. The first-order chi connectivity index (χ1) is 9.61. The van der Waals surface area contributed by atoms with Gasteiger partial charge in [-0.1, -0.05) is 18.2 Å². The smallest absolute Gasteiger partial charge is 0.356 e. The second-order valence-electron chi connectivity index (χ2n) is 3.83. The average molecular weight is 382 g/mol. The van der Waals surface area contributed by atoms with Gasteiger partial charge in [0.25, 0.3) is 5.91 Å². The molecule has 1 heterocycles. The number of esters is 1. The molecule has 0 atom stereocenters. The van der Waals surface area contributed by atoms with Gasteiger partial charge in [0.2, 0.25) is 0 Å².